The summed E-state index contributed by atoms with van der Waals surface area (Å²) in [6.07, 6.45) is 4.35. The Bertz CT molecular complexity index is 681. The van der Waals surface area contributed by atoms with E-state index in [9.17, 15) is 0 Å². The molecule has 2 heteroatoms. The van der Waals surface area contributed by atoms with Crippen molar-refractivity contribution in [3.8, 4) is 5.75 Å². The SMILES string of the molecule is C/C(=C\c1ccc(Cl)cc1)C1=Cc2ccccc2OC1. The van der Waals surface area contributed by atoms with E-state index in [1.165, 1.54) is 11.1 Å². The van der Waals surface area contributed by atoms with Gasteiger partial charge in [0.2, 0.25) is 0 Å². The van der Waals surface area contributed by atoms with E-state index in [0.29, 0.717) is 6.61 Å². The van der Waals surface area contributed by atoms with Gasteiger partial charge in [0, 0.05) is 10.6 Å². The summed E-state index contributed by atoms with van der Waals surface area (Å²) in [6, 6.07) is 15.9. The second kappa shape index (κ2) is 5.56. The van der Waals surface area contributed by atoms with E-state index in [1.54, 1.807) is 0 Å². The second-order valence-electron chi connectivity index (χ2n) is 4.87. The van der Waals surface area contributed by atoms with Gasteiger partial charge in [0.15, 0.2) is 0 Å². The van der Waals surface area contributed by atoms with Crippen LogP contribution in [0, 0.1) is 0 Å². The van der Waals surface area contributed by atoms with Crippen molar-refractivity contribution >= 4 is 23.8 Å². The summed E-state index contributed by atoms with van der Waals surface area (Å²) in [5.41, 5.74) is 4.70. The Morgan fingerprint density at radius 1 is 1.10 bits per heavy atom. The van der Waals surface area contributed by atoms with Crippen LogP contribution in [0.3, 0.4) is 0 Å². The standard InChI is InChI=1S/C18H15ClO/c1-13(10-14-6-8-17(19)9-7-14)16-11-15-4-2-3-5-18(15)20-12-16/h2-11H,12H2,1H3/b13-10+. The molecule has 2 aromatic rings. The topological polar surface area (TPSA) is 9.23 Å². The Kier molecular flexibility index (Phi) is 3.62. The van der Waals surface area contributed by atoms with E-state index in [0.717, 1.165) is 21.9 Å². The maximum absolute atomic E-state index is 5.90. The fourth-order valence-electron chi connectivity index (χ4n) is 2.25. The molecule has 0 unspecified atom stereocenters. The molecule has 100 valence electrons. The molecule has 2 aromatic carbocycles. The van der Waals surface area contributed by atoms with Gasteiger partial charge in [0.05, 0.1) is 0 Å². The predicted molar refractivity (Wildman–Crippen MR) is 85.0 cm³/mol. The lowest BCUT2D eigenvalue weighted by atomic mass is 10.00. The van der Waals surface area contributed by atoms with Gasteiger partial charge < -0.3 is 4.74 Å². The fraction of sp³-hybridized carbons (Fsp3) is 0.111. The Morgan fingerprint density at radius 3 is 2.65 bits per heavy atom. The van der Waals surface area contributed by atoms with Gasteiger partial charge in [-0.15, -0.1) is 0 Å². The minimum atomic E-state index is 0.618. The lowest BCUT2D eigenvalue weighted by Gasteiger charge is -2.18. The molecule has 0 amide bonds. The smallest absolute Gasteiger partial charge is 0.127 e. The van der Waals surface area contributed by atoms with Crippen molar-refractivity contribution in [3.63, 3.8) is 0 Å². The molecule has 0 atom stereocenters. The molecular formula is C18H15ClO. The van der Waals surface area contributed by atoms with Gasteiger partial charge >= 0.3 is 0 Å². The first kappa shape index (κ1) is 13.0. The Hall–Kier alpha value is -1.99. The van der Waals surface area contributed by atoms with Gasteiger partial charge in [-0.05, 0) is 47.9 Å². The van der Waals surface area contributed by atoms with Gasteiger partial charge in [-0.25, -0.2) is 0 Å². The van der Waals surface area contributed by atoms with Crippen LogP contribution in [0.15, 0.2) is 59.7 Å². The average Bonchev–Trinajstić information content (AvgIpc) is 2.49. The first-order chi connectivity index (χ1) is 9.72. The van der Waals surface area contributed by atoms with Crippen LogP contribution in [0.4, 0.5) is 0 Å². The Morgan fingerprint density at radius 2 is 1.85 bits per heavy atom. The maximum Gasteiger partial charge on any atom is 0.127 e. The highest BCUT2D eigenvalue weighted by Gasteiger charge is 2.11. The predicted octanol–water partition coefficient (Wildman–Crippen LogP) is 5.22. The quantitative estimate of drug-likeness (QED) is 0.734. The fourth-order valence-corrected chi connectivity index (χ4v) is 2.37. The van der Waals surface area contributed by atoms with Gasteiger partial charge in [-0.1, -0.05) is 48.0 Å². The van der Waals surface area contributed by atoms with Crippen molar-refractivity contribution < 1.29 is 4.74 Å². The van der Waals surface area contributed by atoms with Gasteiger partial charge in [-0.3, -0.25) is 0 Å². The molecule has 3 rings (SSSR count). The van der Waals surface area contributed by atoms with Crippen LogP contribution in [-0.4, -0.2) is 6.61 Å². The van der Waals surface area contributed by atoms with E-state index >= 15 is 0 Å². The first-order valence-corrected chi connectivity index (χ1v) is 6.97. The molecule has 0 aliphatic carbocycles. The van der Waals surface area contributed by atoms with Crippen molar-refractivity contribution in [3.05, 3.63) is 75.8 Å². The van der Waals surface area contributed by atoms with Crippen LogP contribution in [0.2, 0.25) is 5.02 Å². The molecule has 0 fully saturated rings. The summed E-state index contributed by atoms with van der Waals surface area (Å²) in [5, 5.41) is 0.758. The van der Waals surface area contributed by atoms with E-state index < -0.39 is 0 Å². The highest BCUT2D eigenvalue weighted by Crippen LogP contribution is 2.29. The van der Waals surface area contributed by atoms with Crippen LogP contribution >= 0.6 is 11.6 Å². The lowest BCUT2D eigenvalue weighted by Crippen LogP contribution is -2.07. The highest BCUT2D eigenvalue weighted by molar-refractivity contribution is 6.30. The summed E-state index contributed by atoms with van der Waals surface area (Å²) in [7, 11) is 0. The summed E-state index contributed by atoms with van der Waals surface area (Å²) in [6.45, 7) is 2.73. The summed E-state index contributed by atoms with van der Waals surface area (Å²) in [4.78, 5) is 0. The molecule has 0 radical (unpaired) electrons. The average molecular weight is 283 g/mol. The van der Waals surface area contributed by atoms with E-state index in [-0.39, 0.29) is 0 Å². The third-order valence-corrected chi connectivity index (χ3v) is 3.64. The van der Waals surface area contributed by atoms with Crippen LogP contribution in [0.5, 0.6) is 5.75 Å². The number of fused-ring (bicyclic) bond motifs is 1. The van der Waals surface area contributed by atoms with Crippen molar-refractivity contribution in [2.24, 2.45) is 0 Å². The molecule has 0 saturated carbocycles. The molecule has 0 saturated heterocycles. The van der Waals surface area contributed by atoms with Crippen molar-refractivity contribution in [1.29, 1.82) is 0 Å². The monoisotopic (exact) mass is 282 g/mol. The third kappa shape index (κ3) is 2.78. The molecule has 0 bridgehead atoms. The summed E-state index contributed by atoms with van der Waals surface area (Å²) in [5.74, 6) is 0.954. The third-order valence-electron chi connectivity index (χ3n) is 3.39. The van der Waals surface area contributed by atoms with Gasteiger partial charge in [-0.2, -0.15) is 0 Å². The number of ether oxygens (including phenoxy) is 1. The zero-order valence-corrected chi connectivity index (χ0v) is 12.0. The maximum atomic E-state index is 5.90. The minimum Gasteiger partial charge on any atom is -0.488 e. The molecule has 0 aromatic heterocycles. The molecule has 1 aliphatic heterocycles. The normalized spacial score (nSPS) is 14.3. The number of hydrogen-bond donors (Lipinski definition) is 0. The van der Waals surface area contributed by atoms with Gasteiger partial charge in [0.1, 0.15) is 12.4 Å². The largest absolute Gasteiger partial charge is 0.488 e. The number of benzene rings is 2. The van der Waals surface area contributed by atoms with Crippen LogP contribution in [0.1, 0.15) is 18.1 Å². The molecular weight excluding hydrogens is 268 g/mol. The van der Waals surface area contributed by atoms with Crippen molar-refractivity contribution in [2.75, 3.05) is 6.61 Å². The zero-order valence-electron chi connectivity index (χ0n) is 11.3. The Balaban J connectivity index is 1.90. The zero-order chi connectivity index (χ0) is 13.9. The number of hydrogen-bond acceptors (Lipinski definition) is 1. The Labute approximate surface area is 124 Å². The van der Waals surface area contributed by atoms with Crippen molar-refractivity contribution in [1.82, 2.24) is 0 Å². The molecule has 0 N–H and O–H groups in total. The van der Waals surface area contributed by atoms with Crippen LogP contribution in [-0.2, 0) is 0 Å². The molecule has 1 heterocycles. The summed E-state index contributed by atoms with van der Waals surface area (Å²) >= 11 is 5.90. The molecule has 1 aliphatic rings. The van der Waals surface area contributed by atoms with Crippen LogP contribution in [0.25, 0.3) is 12.2 Å². The molecule has 20 heavy (non-hydrogen) atoms. The first-order valence-electron chi connectivity index (χ1n) is 6.59. The van der Waals surface area contributed by atoms with E-state index in [1.807, 2.05) is 42.5 Å². The van der Waals surface area contributed by atoms with Crippen molar-refractivity contribution in [2.45, 2.75) is 6.92 Å². The van der Waals surface area contributed by atoms with E-state index in [4.69, 9.17) is 16.3 Å². The number of halogens is 1. The molecule has 0 spiro atoms. The number of rotatable bonds is 2. The van der Waals surface area contributed by atoms with Crippen LogP contribution < -0.4 is 4.74 Å². The second-order valence-corrected chi connectivity index (χ2v) is 5.31. The van der Waals surface area contributed by atoms with Gasteiger partial charge in [0.25, 0.3) is 0 Å². The summed E-state index contributed by atoms with van der Waals surface area (Å²) < 4.78 is 5.78. The lowest BCUT2D eigenvalue weighted by molar-refractivity contribution is 0.349. The van der Waals surface area contributed by atoms with E-state index in [2.05, 4.69) is 25.1 Å². The number of para-hydroxylation sites is 1. The minimum absolute atomic E-state index is 0.618. The highest BCUT2D eigenvalue weighted by atomic mass is 35.5. The molecule has 1 nitrogen and oxygen atoms in total.